The molecule has 1 unspecified atom stereocenters. The molecule has 0 radical (unpaired) electrons. The van der Waals surface area contributed by atoms with Crippen molar-refractivity contribution in [1.82, 2.24) is 10.3 Å². The summed E-state index contributed by atoms with van der Waals surface area (Å²) in [7, 11) is 1.49. The Kier molecular flexibility index (Phi) is 5.98. The third kappa shape index (κ3) is 4.83. The lowest BCUT2D eigenvalue weighted by atomic mass is 9.98. The van der Waals surface area contributed by atoms with Gasteiger partial charge in [0.2, 0.25) is 5.91 Å². The minimum absolute atomic E-state index is 0.157. The smallest absolute Gasteiger partial charge is 0.305 e. The Morgan fingerprint density at radius 3 is 2.79 bits per heavy atom. The zero-order valence-corrected chi connectivity index (χ0v) is 14.1. The van der Waals surface area contributed by atoms with Crippen LogP contribution in [-0.4, -0.2) is 41.2 Å². The summed E-state index contributed by atoms with van der Waals surface area (Å²) in [6.07, 6.45) is 3.64. The molecule has 0 saturated heterocycles. The molecule has 0 aliphatic carbocycles. The predicted molar refractivity (Wildman–Crippen MR) is 91.9 cm³/mol. The fourth-order valence-corrected chi connectivity index (χ4v) is 2.96. The second kappa shape index (κ2) is 7.97. The molecule has 0 spiro atoms. The lowest BCUT2D eigenvalue weighted by Gasteiger charge is -2.28. The third-order valence-electron chi connectivity index (χ3n) is 3.97. The molecule has 1 aromatic heterocycles. The number of rotatable bonds is 9. The molecule has 1 amide bonds. The molecule has 130 valence electrons. The lowest BCUT2D eigenvalue weighted by molar-refractivity contribution is -0.139. The van der Waals surface area contributed by atoms with Crippen LogP contribution in [0.3, 0.4) is 0 Å². The third-order valence-corrected chi connectivity index (χ3v) is 3.97. The first kappa shape index (κ1) is 18.0. The number of para-hydroxylation sites is 1. The summed E-state index contributed by atoms with van der Waals surface area (Å²) >= 11 is 0. The first-order chi connectivity index (χ1) is 11.4. The summed E-state index contributed by atoms with van der Waals surface area (Å²) in [5.41, 5.74) is 1.38. The molecule has 0 aliphatic rings. The summed E-state index contributed by atoms with van der Waals surface area (Å²) in [4.78, 5) is 26.3. The van der Waals surface area contributed by atoms with Gasteiger partial charge in [0.25, 0.3) is 0 Å². The van der Waals surface area contributed by atoms with Crippen LogP contribution in [0.4, 0.5) is 0 Å². The van der Waals surface area contributed by atoms with E-state index >= 15 is 0 Å². The summed E-state index contributed by atoms with van der Waals surface area (Å²) in [6.45, 7) is 1.84. The summed E-state index contributed by atoms with van der Waals surface area (Å²) in [5.74, 6) is -1.12. The van der Waals surface area contributed by atoms with Crippen molar-refractivity contribution in [3.63, 3.8) is 0 Å². The average molecular weight is 332 g/mol. The molecule has 0 fully saturated rings. The number of aryl methyl sites for hydroxylation is 1. The van der Waals surface area contributed by atoms with Gasteiger partial charge in [-0.25, -0.2) is 0 Å². The number of hydrogen-bond acceptors (Lipinski definition) is 3. The van der Waals surface area contributed by atoms with E-state index in [0.29, 0.717) is 12.8 Å². The largest absolute Gasteiger partial charge is 0.481 e. The second-order valence-electron chi connectivity index (χ2n) is 6.33. The number of carboxylic acid groups (broad SMARTS) is 1. The van der Waals surface area contributed by atoms with Crippen molar-refractivity contribution in [3.8, 4) is 0 Å². The number of carbonyl (C=O) groups is 2. The number of carbonyl (C=O) groups excluding carboxylic acids is 1. The van der Waals surface area contributed by atoms with Crippen molar-refractivity contribution in [2.75, 3.05) is 13.7 Å². The quantitative estimate of drug-likeness (QED) is 0.658. The number of hydrogen-bond donors (Lipinski definition) is 3. The molecule has 1 heterocycles. The number of aromatic amines is 1. The van der Waals surface area contributed by atoms with Gasteiger partial charge in [0.1, 0.15) is 0 Å². The topological polar surface area (TPSA) is 91.4 Å². The Morgan fingerprint density at radius 1 is 1.33 bits per heavy atom. The summed E-state index contributed by atoms with van der Waals surface area (Å²) < 4.78 is 5.04. The highest BCUT2D eigenvalue weighted by atomic mass is 16.5. The molecule has 0 aliphatic heterocycles. The number of carboxylic acids is 1. The molecule has 2 aromatic rings. The molecule has 2 rings (SSSR count). The van der Waals surface area contributed by atoms with Crippen molar-refractivity contribution in [2.24, 2.45) is 0 Å². The Hall–Kier alpha value is -2.34. The van der Waals surface area contributed by atoms with E-state index in [1.165, 1.54) is 18.1 Å². The van der Waals surface area contributed by atoms with Crippen molar-refractivity contribution >= 4 is 22.8 Å². The highest BCUT2D eigenvalue weighted by molar-refractivity contribution is 5.83. The number of aliphatic carboxylic acids is 1. The molecule has 6 nitrogen and oxygen atoms in total. The number of H-pyrrole nitrogens is 1. The zero-order valence-electron chi connectivity index (χ0n) is 14.1. The highest BCUT2D eigenvalue weighted by Crippen LogP contribution is 2.19. The van der Waals surface area contributed by atoms with Gasteiger partial charge in [-0.2, -0.15) is 0 Å². The van der Waals surface area contributed by atoms with E-state index in [4.69, 9.17) is 9.84 Å². The maximum absolute atomic E-state index is 12.1. The number of ether oxygens (including phenoxy) is 1. The highest BCUT2D eigenvalue weighted by Gasteiger charge is 2.29. The molecule has 3 N–H and O–H groups in total. The van der Waals surface area contributed by atoms with Crippen LogP contribution in [0.25, 0.3) is 10.9 Å². The van der Waals surface area contributed by atoms with Gasteiger partial charge >= 0.3 is 5.97 Å². The van der Waals surface area contributed by atoms with Gasteiger partial charge < -0.3 is 20.1 Å². The van der Waals surface area contributed by atoms with Gasteiger partial charge in [0, 0.05) is 30.6 Å². The van der Waals surface area contributed by atoms with Crippen LogP contribution in [0.2, 0.25) is 0 Å². The summed E-state index contributed by atoms with van der Waals surface area (Å²) in [6, 6.07) is 8.06. The van der Waals surface area contributed by atoms with Crippen LogP contribution in [0.15, 0.2) is 30.5 Å². The van der Waals surface area contributed by atoms with E-state index in [0.717, 1.165) is 11.9 Å². The number of benzene rings is 1. The molecule has 1 aromatic carbocycles. The van der Waals surface area contributed by atoms with Crippen molar-refractivity contribution in [3.05, 3.63) is 36.0 Å². The van der Waals surface area contributed by atoms with Crippen molar-refractivity contribution < 1.29 is 19.4 Å². The van der Waals surface area contributed by atoms with E-state index < -0.39 is 11.5 Å². The molecule has 0 bridgehead atoms. The maximum atomic E-state index is 12.1. The molecule has 6 heteroatoms. The number of aromatic nitrogens is 1. The van der Waals surface area contributed by atoms with Crippen LogP contribution in [0, 0.1) is 0 Å². The van der Waals surface area contributed by atoms with Gasteiger partial charge in [0.15, 0.2) is 0 Å². The standard InChI is InChI=1S/C18H24N2O4/c1-18(12-24-2,10-17(22)23)20-16(21)9-5-6-13-11-19-15-8-4-3-7-14(13)15/h3-4,7-8,11,19H,5-6,9-10,12H2,1-2H3,(H,20,21)(H,22,23). The second-order valence-corrected chi connectivity index (χ2v) is 6.33. The number of fused-ring (bicyclic) bond motifs is 1. The van der Waals surface area contributed by atoms with Crippen LogP contribution in [0.1, 0.15) is 31.7 Å². The van der Waals surface area contributed by atoms with E-state index in [2.05, 4.69) is 16.4 Å². The first-order valence-corrected chi connectivity index (χ1v) is 8.00. The molecular formula is C18H24N2O4. The minimum Gasteiger partial charge on any atom is -0.481 e. The molecule has 0 saturated carbocycles. The first-order valence-electron chi connectivity index (χ1n) is 8.00. The molecular weight excluding hydrogens is 308 g/mol. The lowest BCUT2D eigenvalue weighted by Crippen LogP contribution is -2.50. The Morgan fingerprint density at radius 2 is 2.08 bits per heavy atom. The summed E-state index contributed by atoms with van der Waals surface area (Å²) in [5, 5.41) is 12.9. The predicted octanol–water partition coefficient (Wildman–Crippen LogP) is 2.49. The van der Waals surface area contributed by atoms with Crippen LogP contribution in [0.5, 0.6) is 0 Å². The number of amides is 1. The van der Waals surface area contributed by atoms with Gasteiger partial charge in [-0.1, -0.05) is 18.2 Å². The van der Waals surface area contributed by atoms with Crippen molar-refractivity contribution in [1.29, 1.82) is 0 Å². The van der Waals surface area contributed by atoms with E-state index in [1.807, 2.05) is 24.4 Å². The fourth-order valence-electron chi connectivity index (χ4n) is 2.96. The zero-order chi connectivity index (χ0) is 17.6. The van der Waals surface area contributed by atoms with E-state index in [9.17, 15) is 9.59 Å². The van der Waals surface area contributed by atoms with Gasteiger partial charge in [-0.3, -0.25) is 9.59 Å². The van der Waals surface area contributed by atoms with Crippen LogP contribution in [-0.2, 0) is 20.7 Å². The fraction of sp³-hybridized carbons (Fsp3) is 0.444. The van der Waals surface area contributed by atoms with Gasteiger partial charge in [0.05, 0.1) is 18.6 Å². The SMILES string of the molecule is COCC(C)(CC(=O)O)NC(=O)CCCc1c[nH]c2ccccc12. The van der Waals surface area contributed by atoms with E-state index in [1.54, 1.807) is 6.92 Å². The van der Waals surface area contributed by atoms with Gasteiger partial charge in [-0.05, 0) is 31.4 Å². The molecule has 1 atom stereocenters. The monoisotopic (exact) mass is 332 g/mol. The van der Waals surface area contributed by atoms with Gasteiger partial charge in [-0.15, -0.1) is 0 Å². The average Bonchev–Trinajstić information content (AvgIpc) is 2.90. The Bertz CT molecular complexity index is 710. The number of methoxy groups -OCH3 is 1. The Balaban J connectivity index is 1.87. The normalized spacial score (nSPS) is 13.6. The van der Waals surface area contributed by atoms with Crippen molar-refractivity contribution in [2.45, 2.75) is 38.1 Å². The number of nitrogens with one attached hydrogen (secondary N) is 2. The van der Waals surface area contributed by atoms with Crippen LogP contribution < -0.4 is 5.32 Å². The Labute approximate surface area is 141 Å². The minimum atomic E-state index is -0.964. The maximum Gasteiger partial charge on any atom is 0.305 e. The van der Waals surface area contributed by atoms with E-state index in [-0.39, 0.29) is 18.9 Å². The van der Waals surface area contributed by atoms with Crippen LogP contribution >= 0.6 is 0 Å². The molecule has 24 heavy (non-hydrogen) atoms.